The molecule has 0 fully saturated rings. The van der Waals surface area contributed by atoms with Crippen molar-refractivity contribution < 1.29 is 21.6 Å². The highest BCUT2D eigenvalue weighted by atomic mass is 32.2. The van der Waals surface area contributed by atoms with E-state index in [1.54, 1.807) is 32.0 Å². The summed E-state index contributed by atoms with van der Waals surface area (Å²) in [6, 6.07) is 13.9. The first-order valence-corrected chi connectivity index (χ1v) is 9.79. The zero-order valence-corrected chi connectivity index (χ0v) is 15.9. The van der Waals surface area contributed by atoms with Gasteiger partial charge < -0.3 is 0 Å². The van der Waals surface area contributed by atoms with Crippen LogP contribution in [-0.2, 0) is 16.2 Å². The maximum atomic E-state index is 13.4. The molecule has 0 unspecified atom stereocenters. The van der Waals surface area contributed by atoms with Gasteiger partial charge in [0.25, 0.3) is 10.0 Å². The third-order valence-corrected chi connectivity index (χ3v) is 5.38. The van der Waals surface area contributed by atoms with E-state index in [-0.39, 0.29) is 16.1 Å². The molecule has 0 saturated carbocycles. The quantitative estimate of drug-likeness (QED) is 0.649. The van der Waals surface area contributed by atoms with Crippen molar-refractivity contribution >= 4 is 15.7 Å². The molecule has 0 saturated heterocycles. The van der Waals surface area contributed by atoms with E-state index in [9.17, 15) is 21.6 Å². The number of anilines is 1. The van der Waals surface area contributed by atoms with E-state index in [0.717, 1.165) is 12.1 Å². The second-order valence-corrected chi connectivity index (χ2v) is 8.04. The smallest absolute Gasteiger partial charge is 0.280 e. The van der Waals surface area contributed by atoms with E-state index >= 15 is 0 Å². The first-order valence-electron chi connectivity index (χ1n) is 8.30. The molecular formula is C20H17F3N2O2S. The van der Waals surface area contributed by atoms with Gasteiger partial charge in [-0.2, -0.15) is 13.2 Å². The molecule has 1 heterocycles. The number of nitrogens with one attached hydrogen (secondary N) is 1. The molecule has 0 radical (unpaired) electrons. The lowest BCUT2D eigenvalue weighted by atomic mass is 10.0. The number of alkyl halides is 3. The minimum absolute atomic E-state index is 0.0374. The SMILES string of the molecule is Cc1cc(-c2cc(NS(=O)(=O)c3ccccc3)cc(C(F)(F)F)c2)cc(C)n1. The second kappa shape index (κ2) is 7.27. The molecule has 2 aromatic carbocycles. The normalized spacial score (nSPS) is 12.0. The van der Waals surface area contributed by atoms with Gasteiger partial charge in [0.05, 0.1) is 16.1 Å². The molecule has 146 valence electrons. The van der Waals surface area contributed by atoms with E-state index in [2.05, 4.69) is 9.71 Å². The molecule has 0 atom stereocenters. The van der Waals surface area contributed by atoms with Crippen LogP contribution in [0.3, 0.4) is 0 Å². The average Bonchev–Trinajstić information content (AvgIpc) is 2.60. The standard InChI is InChI=1S/C20H17F3N2O2S/c1-13-8-15(9-14(2)24-13)16-10-17(20(21,22)23)12-18(11-16)25-28(26,27)19-6-4-3-5-7-19/h3-12,25H,1-2H3. The van der Waals surface area contributed by atoms with Crippen molar-refractivity contribution in [2.75, 3.05) is 4.72 Å². The van der Waals surface area contributed by atoms with Crippen molar-refractivity contribution in [3.05, 3.63) is 77.6 Å². The molecule has 0 amide bonds. The highest BCUT2D eigenvalue weighted by Gasteiger charge is 2.32. The Morgan fingerprint density at radius 3 is 2.00 bits per heavy atom. The van der Waals surface area contributed by atoms with Crippen molar-refractivity contribution in [1.29, 1.82) is 0 Å². The fraction of sp³-hybridized carbons (Fsp3) is 0.150. The lowest BCUT2D eigenvalue weighted by molar-refractivity contribution is -0.137. The van der Waals surface area contributed by atoms with Crippen LogP contribution in [0.25, 0.3) is 11.1 Å². The van der Waals surface area contributed by atoms with Crippen LogP contribution in [0.2, 0.25) is 0 Å². The van der Waals surface area contributed by atoms with Crippen LogP contribution in [0, 0.1) is 13.8 Å². The van der Waals surface area contributed by atoms with Gasteiger partial charge in [0, 0.05) is 11.4 Å². The van der Waals surface area contributed by atoms with Gasteiger partial charge in [0.2, 0.25) is 0 Å². The van der Waals surface area contributed by atoms with Crippen molar-refractivity contribution in [1.82, 2.24) is 4.98 Å². The highest BCUT2D eigenvalue weighted by molar-refractivity contribution is 7.92. The molecule has 0 aliphatic heterocycles. The van der Waals surface area contributed by atoms with Gasteiger partial charge >= 0.3 is 6.18 Å². The Morgan fingerprint density at radius 1 is 0.857 bits per heavy atom. The lowest BCUT2D eigenvalue weighted by Crippen LogP contribution is -2.14. The Labute approximate surface area is 161 Å². The van der Waals surface area contributed by atoms with Crippen molar-refractivity contribution in [3.8, 4) is 11.1 Å². The van der Waals surface area contributed by atoms with Crippen molar-refractivity contribution in [2.24, 2.45) is 0 Å². The minimum atomic E-state index is -4.62. The van der Waals surface area contributed by atoms with Crippen LogP contribution in [0.15, 0.2) is 65.6 Å². The van der Waals surface area contributed by atoms with E-state index in [4.69, 9.17) is 0 Å². The van der Waals surface area contributed by atoms with Gasteiger partial charge in [-0.3, -0.25) is 9.71 Å². The maximum absolute atomic E-state index is 13.4. The van der Waals surface area contributed by atoms with E-state index in [1.807, 2.05) is 0 Å². The van der Waals surface area contributed by atoms with E-state index in [0.29, 0.717) is 17.0 Å². The summed E-state index contributed by atoms with van der Waals surface area (Å²) in [5, 5.41) is 0. The van der Waals surface area contributed by atoms with Crippen LogP contribution in [-0.4, -0.2) is 13.4 Å². The Balaban J connectivity index is 2.11. The van der Waals surface area contributed by atoms with Crippen molar-refractivity contribution in [3.63, 3.8) is 0 Å². The van der Waals surface area contributed by atoms with Gasteiger partial charge in [-0.15, -0.1) is 0 Å². The predicted molar refractivity (Wildman–Crippen MR) is 101 cm³/mol. The molecule has 28 heavy (non-hydrogen) atoms. The number of pyridine rings is 1. The molecule has 0 aliphatic carbocycles. The third-order valence-electron chi connectivity index (χ3n) is 3.98. The molecule has 0 spiro atoms. The lowest BCUT2D eigenvalue weighted by Gasteiger charge is -2.15. The number of hydrogen-bond donors (Lipinski definition) is 1. The topological polar surface area (TPSA) is 59.1 Å². The largest absolute Gasteiger partial charge is 0.416 e. The van der Waals surface area contributed by atoms with Gasteiger partial charge in [-0.05, 0) is 67.4 Å². The van der Waals surface area contributed by atoms with Crippen molar-refractivity contribution in [2.45, 2.75) is 24.9 Å². The van der Waals surface area contributed by atoms with Gasteiger partial charge in [-0.1, -0.05) is 18.2 Å². The summed E-state index contributed by atoms with van der Waals surface area (Å²) in [6.45, 7) is 3.48. The van der Waals surface area contributed by atoms with Crippen LogP contribution < -0.4 is 4.72 Å². The fourth-order valence-electron chi connectivity index (χ4n) is 2.83. The average molecular weight is 406 g/mol. The number of aromatic nitrogens is 1. The maximum Gasteiger partial charge on any atom is 0.416 e. The van der Waals surface area contributed by atoms with Gasteiger partial charge in [-0.25, -0.2) is 8.42 Å². The summed E-state index contributed by atoms with van der Waals surface area (Å²) in [5.74, 6) is 0. The molecule has 0 aliphatic rings. The molecular weight excluding hydrogens is 389 g/mol. The molecule has 1 N–H and O–H groups in total. The minimum Gasteiger partial charge on any atom is -0.280 e. The van der Waals surface area contributed by atoms with Crippen LogP contribution in [0.1, 0.15) is 17.0 Å². The molecule has 4 nitrogen and oxygen atoms in total. The monoisotopic (exact) mass is 406 g/mol. The summed E-state index contributed by atoms with van der Waals surface area (Å²) in [4.78, 5) is 4.18. The molecule has 3 aromatic rings. The number of halogens is 3. The Hall–Kier alpha value is -2.87. The summed E-state index contributed by atoms with van der Waals surface area (Å²) in [6.07, 6.45) is -4.62. The summed E-state index contributed by atoms with van der Waals surface area (Å²) < 4.78 is 67.4. The Morgan fingerprint density at radius 2 is 1.43 bits per heavy atom. The fourth-order valence-corrected chi connectivity index (χ4v) is 3.89. The third kappa shape index (κ3) is 4.51. The Kier molecular flexibility index (Phi) is 5.16. The van der Waals surface area contributed by atoms with Crippen LogP contribution in [0.4, 0.5) is 18.9 Å². The zero-order chi connectivity index (χ0) is 20.5. The number of hydrogen-bond acceptors (Lipinski definition) is 3. The number of rotatable bonds is 4. The van der Waals surface area contributed by atoms with Gasteiger partial charge in [0.1, 0.15) is 0 Å². The first-order chi connectivity index (χ1) is 13.0. The number of nitrogens with zero attached hydrogens (tertiary/aromatic N) is 1. The van der Waals surface area contributed by atoms with E-state index in [1.165, 1.54) is 30.3 Å². The highest BCUT2D eigenvalue weighted by Crippen LogP contribution is 2.35. The summed E-state index contributed by atoms with van der Waals surface area (Å²) in [7, 11) is -4.02. The first kappa shape index (κ1) is 19.9. The molecule has 8 heteroatoms. The second-order valence-electron chi connectivity index (χ2n) is 6.35. The van der Waals surface area contributed by atoms with Crippen LogP contribution >= 0.6 is 0 Å². The predicted octanol–water partition coefficient (Wildman–Crippen LogP) is 5.19. The molecule has 0 bridgehead atoms. The van der Waals surface area contributed by atoms with E-state index < -0.39 is 21.8 Å². The molecule has 1 aromatic heterocycles. The number of benzene rings is 2. The number of aryl methyl sites for hydroxylation is 2. The van der Waals surface area contributed by atoms with Crippen LogP contribution in [0.5, 0.6) is 0 Å². The molecule has 3 rings (SSSR count). The van der Waals surface area contributed by atoms with Gasteiger partial charge in [0.15, 0.2) is 0 Å². The zero-order valence-electron chi connectivity index (χ0n) is 15.1. The Bertz CT molecular complexity index is 1090. The summed E-state index contributed by atoms with van der Waals surface area (Å²) in [5.41, 5.74) is 0.965. The summed E-state index contributed by atoms with van der Waals surface area (Å²) >= 11 is 0. The number of sulfonamides is 1.